The van der Waals surface area contributed by atoms with Gasteiger partial charge in [0.25, 0.3) is 0 Å². The highest BCUT2D eigenvalue weighted by molar-refractivity contribution is 5.77. The van der Waals surface area contributed by atoms with Gasteiger partial charge in [0.1, 0.15) is 0 Å². The maximum absolute atomic E-state index is 11.0. The average molecular weight is 184 g/mol. The third-order valence-electron chi connectivity index (χ3n) is 3.32. The first kappa shape index (κ1) is 8.97. The van der Waals surface area contributed by atoms with Gasteiger partial charge in [0.15, 0.2) is 0 Å². The van der Waals surface area contributed by atoms with Crippen molar-refractivity contribution in [3.05, 3.63) is 0 Å². The van der Waals surface area contributed by atoms with Crippen LogP contribution in [0.1, 0.15) is 12.8 Å². The van der Waals surface area contributed by atoms with Gasteiger partial charge in [0.2, 0.25) is 5.91 Å². The number of aliphatic hydroxyl groups excluding tert-OH is 1. The molecule has 4 heteroatoms. The second kappa shape index (κ2) is 2.69. The second-order valence-corrected chi connectivity index (χ2v) is 4.58. The van der Waals surface area contributed by atoms with Gasteiger partial charge in [-0.15, -0.1) is 0 Å². The maximum atomic E-state index is 11.0. The summed E-state index contributed by atoms with van der Waals surface area (Å²) in [5, 5.41) is 9.48. The molecule has 0 aromatic rings. The van der Waals surface area contributed by atoms with Crippen molar-refractivity contribution in [2.75, 3.05) is 20.1 Å². The number of nitrogens with two attached hydrogens (primary N) is 1. The Balaban J connectivity index is 2.07. The predicted molar refractivity (Wildman–Crippen MR) is 47.9 cm³/mol. The largest absolute Gasteiger partial charge is 0.392 e. The summed E-state index contributed by atoms with van der Waals surface area (Å²) in [6.07, 6.45) is 1.40. The summed E-state index contributed by atoms with van der Waals surface area (Å²) in [5.74, 6) is -0.305. The van der Waals surface area contributed by atoms with Gasteiger partial charge >= 0.3 is 0 Å². The molecule has 1 heterocycles. The Morgan fingerprint density at radius 2 is 2.23 bits per heavy atom. The number of primary amides is 1. The number of likely N-dealkylation sites (tertiary alicyclic amines) is 1. The molecule has 3 atom stereocenters. The number of piperidine rings is 1. The van der Waals surface area contributed by atoms with Gasteiger partial charge in [-0.2, -0.15) is 0 Å². The molecule has 1 saturated heterocycles. The minimum Gasteiger partial charge on any atom is -0.392 e. The zero-order valence-electron chi connectivity index (χ0n) is 7.86. The van der Waals surface area contributed by atoms with Crippen LogP contribution in [0.2, 0.25) is 0 Å². The van der Waals surface area contributed by atoms with Crippen molar-refractivity contribution in [3.8, 4) is 0 Å². The van der Waals surface area contributed by atoms with Crippen molar-refractivity contribution in [2.45, 2.75) is 18.9 Å². The van der Waals surface area contributed by atoms with Crippen LogP contribution in [-0.4, -0.2) is 42.2 Å². The molecule has 4 nitrogen and oxygen atoms in total. The molecule has 0 bridgehead atoms. The lowest BCUT2D eigenvalue weighted by Gasteiger charge is -2.34. The number of rotatable bonds is 1. The topological polar surface area (TPSA) is 66.6 Å². The van der Waals surface area contributed by atoms with E-state index in [0.717, 1.165) is 25.9 Å². The minimum atomic E-state index is -0.231. The fourth-order valence-corrected chi connectivity index (χ4v) is 2.50. The molecule has 1 aliphatic heterocycles. The van der Waals surface area contributed by atoms with Crippen LogP contribution < -0.4 is 5.73 Å². The van der Waals surface area contributed by atoms with Crippen molar-refractivity contribution < 1.29 is 9.90 Å². The van der Waals surface area contributed by atoms with Crippen molar-refractivity contribution in [1.29, 1.82) is 0 Å². The summed E-state index contributed by atoms with van der Waals surface area (Å²) in [5.41, 5.74) is 5.27. The Kier molecular flexibility index (Phi) is 1.85. The number of nitrogens with zero attached hydrogens (tertiary/aromatic N) is 1. The molecular formula is C9H16N2O2. The van der Waals surface area contributed by atoms with E-state index >= 15 is 0 Å². The first-order valence-electron chi connectivity index (χ1n) is 4.69. The van der Waals surface area contributed by atoms with Crippen molar-refractivity contribution in [1.82, 2.24) is 4.90 Å². The smallest absolute Gasteiger partial charge is 0.221 e. The molecule has 0 aromatic heterocycles. The molecule has 2 rings (SSSR count). The fourth-order valence-electron chi connectivity index (χ4n) is 2.50. The molecule has 74 valence electrons. The van der Waals surface area contributed by atoms with E-state index in [-0.39, 0.29) is 23.3 Å². The zero-order valence-corrected chi connectivity index (χ0v) is 7.86. The van der Waals surface area contributed by atoms with Crippen molar-refractivity contribution >= 4 is 5.91 Å². The molecule has 2 fully saturated rings. The van der Waals surface area contributed by atoms with Gasteiger partial charge in [-0.25, -0.2) is 0 Å². The minimum absolute atomic E-state index is 0.00725. The summed E-state index contributed by atoms with van der Waals surface area (Å²) in [7, 11) is 1.97. The normalized spacial score (nSPS) is 45.1. The van der Waals surface area contributed by atoms with Gasteiger partial charge in [-0.3, -0.25) is 4.79 Å². The van der Waals surface area contributed by atoms with Crippen LogP contribution in [0, 0.1) is 11.3 Å². The quantitative estimate of drug-likeness (QED) is 0.559. The van der Waals surface area contributed by atoms with Crippen LogP contribution in [-0.2, 0) is 4.79 Å². The summed E-state index contributed by atoms with van der Waals surface area (Å²) in [4.78, 5) is 13.1. The second-order valence-electron chi connectivity index (χ2n) is 4.58. The van der Waals surface area contributed by atoms with Gasteiger partial charge < -0.3 is 15.7 Å². The summed E-state index contributed by atoms with van der Waals surface area (Å²) in [6.45, 7) is 1.64. The van der Waals surface area contributed by atoms with E-state index < -0.39 is 0 Å². The first-order chi connectivity index (χ1) is 6.03. The lowest BCUT2D eigenvalue weighted by Crippen LogP contribution is -2.45. The van der Waals surface area contributed by atoms with Gasteiger partial charge in [-0.05, 0) is 19.9 Å². The molecule has 3 N–H and O–H groups in total. The molecule has 0 aromatic carbocycles. The highest BCUT2D eigenvalue weighted by Gasteiger charge is 2.57. The molecule has 1 aliphatic carbocycles. The Labute approximate surface area is 77.7 Å². The molecule has 2 aliphatic rings. The maximum Gasteiger partial charge on any atom is 0.221 e. The lowest BCUT2D eigenvalue weighted by atomic mass is 9.86. The van der Waals surface area contributed by atoms with Crippen LogP contribution >= 0.6 is 0 Å². The molecule has 1 saturated carbocycles. The Morgan fingerprint density at radius 1 is 1.62 bits per heavy atom. The molecular weight excluding hydrogens is 168 g/mol. The fraction of sp³-hybridized carbons (Fsp3) is 0.889. The third-order valence-corrected chi connectivity index (χ3v) is 3.32. The van der Waals surface area contributed by atoms with Crippen LogP contribution in [0.25, 0.3) is 0 Å². The molecule has 0 radical (unpaired) electrons. The molecule has 3 unspecified atom stereocenters. The molecule has 13 heavy (non-hydrogen) atoms. The standard InChI is InChI=1S/C9H16N2O2/c1-11-4-6(8(10)13)2-9(5-11)3-7(9)12/h6-7,12H,2-5H2,1H3,(H2,10,13). The highest BCUT2D eigenvalue weighted by atomic mass is 16.3. The first-order valence-corrected chi connectivity index (χ1v) is 4.69. The van der Waals surface area contributed by atoms with Crippen molar-refractivity contribution in [2.24, 2.45) is 17.1 Å². The van der Waals surface area contributed by atoms with Crippen LogP contribution in [0.3, 0.4) is 0 Å². The van der Waals surface area contributed by atoms with E-state index in [2.05, 4.69) is 4.90 Å². The molecule has 1 amide bonds. The van der Waals surface area contributed by atoms with Crippen LogP contribution in [0.4, 0.5) is 0 Å². The summed E-state index contributed by atoms with van der Waals surface area (Å²) in [6, 6.07) is 0. The zero-order chi connectivity index (χ0) is 9.64. The average Bonchev–Trinajstić information content (AvgIpc) is 2.58. The number of carbonyl (C=O) groups is 1. The van der Waals surface area contributed by atoms with Crippen LogP contribution in [0.5, 0.6) is 0 Å². The monoisotopic (exact) mass is 184 g/mol. The number of hydrogen-bond donors (Lipinski definition) is 2. The van der Waals surface area contributed by atoms with Crippen molar-refractivity contribution in [3.63, 3.8) is 0 Å². The predicted octanol–water partition coefficient (Wildman–Crippen LogP) is -0.826. The van der Waals surface area contributed by atoms with Gasteiger partial charge in [0.05, 0.1) is 12.0 Å². The molecule has 1 spiro atoms. The van der Waals surface area contributed by atoms with E-state index in [9.17, 15) is 9.90 Å². The van der Waals surface area contributed by atoms with E-state index in [4.69, 9.17) is 5.73 Å². The Morgan fingerprint density at radius 3 is 2.69 bits per heavy atom. The SMILES string of the molecule is CN1CC(C(N)=O)CC2(CC2O)C1. The van der Waals surface area contributed by atoms with E-state index in [1.165, 1.54) is 0 Å². The summed E-state index contributed by atoms with van der Waals surface area (Å²) >= 11 is 0. The Bertz CT molecular complexity index is 244. The lowest BCUT2D eigenvalue weighted by molar-refractivity contribution is -0.124. The third kappa shape index (κ3) is 1.44. The number of amides is 1. The number of carbonyl (C=O) groups excluding carboxylic acids is 1. The van der Waals surface area contributed by atoms with E-state index in [1.54, 1.807) is 0 Å². The highest BCUT2D eigenvalue weighted by Crippen LogP contribution is 2.53. The number of aliphatic hydroxyl groups is 1. The summed E-state index contributed by atoms with van der Waals surface area (Å²) < 4.78 is 0. The Hall–Kier alpha value is -0.610. The number of hydrogen-bond acceptors (Lipinski definition) is 3. The van der Waals surface area contributed by atoms with Gasteiger partial charge in [-0.1, -0.05) is 0 Å². The van der Waals surface area contributed by atoms with Crippen LogP contribution in [0.15, 0.2) is 0 Å². The van der Waals surface area contributed by atoms with E-state index in [0.29, 0.717) is 0 Å². The van der Waals surface area contributed by atoms with E-state index in [1.807, 2.05) is 7.05 Å². The van der Waals surface area contributed by atoms with Gasteiger partial charge in [0, 0.05) is 18.5 Å².